The molecule has 0 saturated carbocycles. The molecule has 0 bridgehead atoms. The fourth-order valence-electron chi connectivity index (χ4n) is 3.48. The Morgan fingerprint density at radius 3 is 2.54 bits per heavy atom. The summed E-state index contributed by atoms with van der Waals surface area (Å²) in [6.07, 6.45) is -0.186. The summed E-state index contributed by atoms with van der Waals surface area (Å²) in [5, 5.41) is 14.2. The number of ether oxygens (including phenoxy) is 1. The van der Waals surface area contributed by atoms with E-state index >= 15 is 0 Å². The highest BCUT2D eigenvalue weighted by Gasteiger charge is 2.41. The van der Waals surface area contributed by atoms with Crippen molar-refractivity contribution in [3.63, 3.8) is 0 Å². The molecule has 3 atom stereocenters. The number of nitrogens with one attached hydrogen (secondary N) is 1. The summed E-state index contributed by atoms with van der Waals surface area (Å²) in [4.78, 5) is 25.4. The Balaban J connectivity index is 1.71. The standard InChI is InChI=1S/C18H22N4O3S/c1-9-5-10(2)15(11(3)6-9)16-13(23)7-14(25-17(16)24)12(4)8-26-18-19-21-22-20-18/h5-6,12,14,16H,7-8H2,1-4H3,(H,19,20,21,22). The molecule has 2 aromatic rings. The van der Waals surface area contributed by atoms with Crippen molar-refractivity contribution >= 4 is 23.5 Å². The van der Waals surface area contributed by atoms with E-state index in [0.717, 1.165) is 22.3 Å². The zero-order valence-corrected chi connectivity index (χ0v) is 16.1. The minimum absolute atomic E-state index is 0.00700. The van der Waals surface area contributed by atoms with Crippen molar-refractivity contribution in [3.05, 3.63) is 34.4 Å². The molecule has 3 rings (SSSR count). The Morgan fingerprint density at radius 1 is 1.27 bits per heavy atom. The van der Waals surface area contributed by atoms with Crippen molar-refractivity contribution in [2.45, 2.75) is 51.3 Å². The van der Waals surface area contributed by atoms with Gasteiger partial charge in [0.25, 0.3) is 0 Å². The second-order valence-electron chi connectivity index (χ2n) is 6.87. The first-order valence-corrected chi connectivity index (χ1v) is 9.52. The van der Waals surface area contributed by atoms with Gasteiger partial charge in [-0.2, -0.15) is 5.21 Å². The summed E-state index contributed by atoms with van der Waals surface area (Å²) in [5.74, 6) is -0.690. The topological polar surface area (TPSA) is 97.8 Å². The number of carbonyl (C=O) groups excluding carboxylic acids is 2. The molecule has 1 aromatic heterocycles. The monoisotopic (exact) mass is 374 g/mol. The number of esters is 1. The molecule has 1 aliphatic rings. The first-order valence-electron chi connectivity index (χ1n) is 8.54. The minimum atomic E-state index is -0.816. The van der Waals surface area contributed by atoms with E-state index in [2.05, 4.69) is 20.6 Å². The fraction of sp³-hybridized carbons (Fsp3) is 0.500. The van der Waals surface area contributed by atoms with Crippen LogP contribution >= 0.6 is 11.8 Å². The molecule has 1 N–H and O–H groups in total. The lowest BCUT2D eigenvalue weighted by atomic mass is 9.82. The van der Waals surface area contributed by atoms with Crippen LogP contribution in [0.3, 0.4) is 0 Å². The maximum absolute atomic E-state index is 12.8. The molecule has 1 fully saturated rings. The van der Waals surface area contributed by atoms with Gasteiger partial charge in [0.15, 0.2) is 5.78 Å². The molecule has 0 aliphatic carbocycles. The Labute approximate surface area is 156 Å². The molecule has 3 unspecified atom stereocenters. The largest absolute Gasteiger partial charge is 0.461 e. The molecule has 2 heterocycles. The molecule has 0 amide bonds. The number of aryl methyl sites for hydroxylation is 3. The third-order valence-electron chi connectivity index (χ3n) is 4.69. The van der Waals surface area contributed by atoms with E-state index in [9.17, 15) is 9.59 Å². The van der Waals surface area contributed by atoms with E-state index in [1.54, 1.807) is 0 Å². The van der Waals surface area contributed by atoms with Gasteiger partial charge in [0, 0.05) is 18.1 Å². The Bertz CT molecular complexity index is 781. The molecule has 0 radical (unpaired) electrons. The summed E-state index contributed by atoms with van der Waals surface area (Å²) < 4.78 is 5.66. The van der Waals surface area contributed by atoms with Crippen molar-refractivity contribution < 1.29 is 14.3 Å². The van der Waals surface area contributed by atoms with E-state index < -0.39 is 18.0 Å². The van der Waals surface area contributed by atoms with Gasteiger partial charge in [-0.25, -0.2) is 0 Å². The molecule has 26 heavy (non-hydrogen) atoms. The number of cyclic esters (lactones) is 1. The van der Waals surface area contributed by atoms with Crippen molar-refractivity contribution in [1.82, 2.24) is 20.6 Å². The van der Waals surface area contributed by atoms with Gasteiger partial charge in [-0.15, -0.1) is 10.2 Å². The lowest BCUT2D eigenvalue weighted by Gasteiger charge is -2.32. The van der Waals surface area contributed by atoms with Gasteiger partial charge in [0.05, 0.1) is 0 Å². The number of hydrogen-bond acceptors (Lipinski definition) is 7. The van der Waals surface area contributed by atoms with Crippen LogP contribution in [0.5, 0.6) is 0 Å². The number of thioether (sulfide) groups is 1. The van der Waals surface area contributed by atoms with Crippen molar-refractivity contribution in [3.8, 4) is 0 Å². The first kappa shape index (κ1) is 18.6. The summed E-state index contributed by atoms with van der Waals surface area (Å²) in [5.41, 5.74) is 3.82. The first-order chi connectivity index (χ1) is 12.4. The molecule has 138 valence electrons. The summed E-state index contributed by atoms with van der Waals surface area (Å²) >= 11 is 1.42. The number of rotatable bonds is 5. The number of ketones is 1. The van der Waals surface area contributed by atoms with Crippen molar-refractivity contribution in [2.75, 3.05) is 5.75 Å². The highest BCUT2D eigenvalue weighted by atomic mass is 32.2. The highest BCUT2D eigenvalue weighted by molar-refractivity contribution is 7.99. The number of benzene rings is 1. The molecular weight excluding hydrogens is 352 g/mol. The second-order valence-corrected chi connectivity index (χ2v) is 7.86. The number of aromatic nitrogens is 4. The molecular formula is C18H22N4O3S. The number of hydrogen-bond donors (Lipinski definition) is 1. The number of aromatic amines is 1. The Kier molecular flexibility index (Phi) is 5.41. The van der Waals surface area contributed by atoms with E-state index in [4.69, 9.17) is 4.74 Å². The van der Waals surface area contributed by atoms with Gasteiger partial charge in [-0.05, 0) is 42.7 Å². The number of nitrogens with zero attached hydrogens (tertiary/aromatic N) is 3. The number of tetrazole rings is 1. The normalized spacial score (nSPS) is 21.5. The van der Waals surface area contributed by atoms with E-state index in [0.29, 0.717) is 10.9 Å². The maximum atomic E-state index is 12.8. The van der Waals surface area contributed by atoms with Crippen LogP contribution in [-0.2, 0) is 14.3 Å². The van der Waals surface area contributed by atoms with Gasteiger partial charge in [-0.1, -0.05) is 36.4 Å². The predicted octanol–water partition coefficient (Wildman–Crippen LogP) is 2.52. The fourth-order valence-corrected chi connectivity index (χ4v) is 4.31. The zero-order chi connectivity index (χ0) is 18.8. The van der Waals surface area contributed by atoms with Crippen LogP contribution in [0.1, 0.15) is 41.5 Å². The maximum Gasteiger partial charge on any atom is 0.321 e. The lowest BCUT2D eigenvalue weighted by Crippen LogP contribution is -2.41. The van der Waals surface area contributed by atoms with Gasteiger partial charge >= 0.3 is 5.97 Å². The molecule has 1 aliphatic heterocycles. The molecule has 7 nitrogen and oxygen atoms in total. The average Bonchev–Trinajstić information content (AvgIpc) is 3.07. The molecule has 8 heteroatoms. The van der Waals surface area contributed by atoms with Crippen LogP contribution in [-0.4, -0.2) is 44.2 Å². The lowest BCUT2D eigenvalue weighted by molar-refractivity contribution is -0.162. The Hall–Kier alpha value is -2.22. The van der Waals surface area contributed by atoms with Crippen LogP contribution in [0.25, 0.3) is 0 Å². The average molecular weight is 374 g/mol. The van der Waals surface area contributed by atoms with Crippen LogP contribution in [0.15, 0.2) is 17.3 Å². The van der Waals surface area contributed by atoms with Crippen LogP contribution < -0.4 is 0 Å². The zero-order valence-electron chi connectivity index (χ0n) is 15.3. The number of Topliss-reactive ketones (excluding diaryl/α,β-unsaturated/α-hetero) is 1. The van der Waals surface area contributed by atoms with Gasteiger partial charge < -0.3 is 4.74 Å². The Morgan fingerprint density at radius 2 is 1.96 bits per heavy atom. The van der Waals surface area contributed by atoms with Gasteiger partial charge in [0.2, 0.25) is 5.16 Å². The number of carbonyl (C=O) groups is 2. The SMILES string of the molecule is Cc1cc(C)c(C2C(=O)CC(C(C)CSc3nn[nH]n3)OC2=O)c(C)c1. The second kappa shape index (κ2) is 7.57. The third kappa shape index (κ3) is 3.80. The van der Waals surface area contributed by atoms with Crippen LogP contribution in [0, 0.1) is 26.7 Å². The minimum Gasteiger partial charge on any atom is -0.461 e. The van der Waals surface area contributed by atoms with E-state index in [1.807, 2.05) is 39.8 Å². The van der Waals surface area contributed by atoms with E-state index in [-0.39, 0.29) is 18.1 Å². The van der Waals surface area contributed by atoms with Crippen molar-refractivity contribution in [1.29, 1.82) is 0 Å². The number of H-pyrrole nitrogens is 1. The molecule has 1 saturated heterocycles. The van der Waals surface area contributed by atoms with Crippen LogP contribution in [0.4, 0.5) is 0 Å². The van der Waals surface area contributed by atoms with Gasteiger partial charge in [-0.3, -0.25) is 9.59 Å². The van der Waals surface area contributed by atoms with Crippen molar-refractivity contribution in [2.24, 2.45) is 5.92 Å². The summed E-state index contributed by atoms with van der Waals surface area (Å²) in [6, 6.07) is 4.00. The summed E-state index contributed by atoms with van der Waals surface area (Å²) in [7, 11) is 0. The van der Waals surface area contributed by atoms with Crippen LogP contribution in [0.2, 0.25) is 0 Å². The molecule has 0 spiro atoms. The highest BCUT2D eigenvalue weighted by Crippen LogP contribution is 2.34. The molecule has 1 aromatic carbocycles. The third-order valence-corrected chi connectivity index (χ3v) is 5.81. The van der Waals surface area contributed by atoms with E-state index in [1.165, 1.54) is 11.8 Å². The quantitative estimate of drug-likeness (QED) is 0.488. The van der Waals surface area contributed by atoms with Gasteiger partial charge in [0.1, 0.15) is 12.0 Å². The summed E-state index contributed by atoms with van der Waals surface area (Å²) in [6.45, 7) is 7.84. The smallest absolute Gasteiger partial charge is 0.321 e. The predicted molar refractivity (Wildman–Crippen MR) is 97.0 cm³/mol.